The van der Waals surface area contributed by atoms with Crippen LogP contribution in [0.1, 0.15) is 43.4 Å². The summed E-state index contributed by atoms with van der Waals surface area (Å²) in [5.74, 6) is 0.516. The molecule has 1 aliphatic rings. The molecule has 3 N–H and O–H groups in total. The van der Waals surface area contributed by atoms with E-state index in [1.807, 2.05) is 17.9 Å². The molecule has 102 valence electrons. The quantitative estimate of drug-likeness (QED) is 0.869. The zero-order chi connectivity index (χ0) is 13.4. The van der Waals surface area contributed by atoms with Crippen LogP contribution in [-0.2, 0) is 0 Å². The molecule has 0 amide bonds. The summed E-state index contributed by atoms with van der Waals surface area (Å²) < 4.78 is 2.03. The smallest absolute Gasteiger partial charge is 0.151 e. The van der Waals surface area contributed by atoms with Gasteiger partial charge in [-0.2, -0.15) is 0 Å². The van der Waals surface area contributed by atoms with Gasteiger partial charge in [0.05, 0.1) is 5.52 Å². The lowest BCUT2D eigenvalue weighted by atomic mass is 9.96. The predicted octanol–water partition coefficient (Wildman–Crippen LogP) is 2.51. The third-order valence-corrected chi connectivity index (χ3v) is 4.12. The zero-order valence-corrected chi connectivity index (χ0v) is 11.6. The average Bonchev–Trinajstić information content (AvgIpc) is 2.82. The average molecular weight is 259 g/mol. The number of aromatic nitrogens is 3. The van der Waals surface area contributed by atoms with Crippen LogP contribution in [0.15, 0.2) is 6.33 Å². The summed E-state index contributed by atoms with van der Waals surface area (Å²) in [5.41, 5.74) is 13.5. The van der Waals surface area contributed by atoms with Crippen molar-refractivity contribution in [2.75, 3.05) is 11.2 Å². The van der Waals surface area contributed by atoms with Crippen LogP contribution in [0.4, 0.5) is 5.82 Å². The van der Waals surface area contributed by atoms with E-state index in [2.05, 4.69) is 22.3 Å². The van der Waals surface area contributed by atoms with Gasteiger partial charge in [0.1, 0.15) is 11.8 Å². The predicted molar refractivity (Wildman–Crippen MR) is 77.6 cm³/mol. The molecular formula is C14H21N5. The number of pyridine rings is 1. The highest BCUT2D eigenvalue weighted by molar-refractivity contribution is 5.88. The fourth-order valence-corrected chi connectivity index (χ4v) is 2.91. The summed E-state index contributed by atoms with van der Waals surface area (Å²) in [6.45, 7) is 4.06. The second-order valence-electron chi connectivity index (χ2n) is 5.48. The van der Waals surface area contributed by atoms with Gasteiger partial charge in [-0.3, -0.25) is 0 Å². The van der Waals surface area contributed by atoms with Crippen LogP contribution in [0.2, 0.25) is 0 Å². The molecular weight excluding hydrogens is 238 g/mol. The summed E-state index contributed by atoms with van der Waals surface area (Å²) in [4.78, 5) is 8.73. The molecule has 19 heavy (non-hydrogen) atoms. The van der Waals surface area contributed by atoms with Gasteiger partial charge in [0, 0.05) is 11.7 Å². The van der Waals surface area contributed by atoms with Crippen LogP contribution in [0.3, 0.4) is 0 Å². The molecule has 1 aliphatic carbocycles. The van der Waals surface area contributed by atoms with Crippen molar-refractivity contribution in [2.24, 2.45) is 0 Å². The van der Waals surface area contributed by atoms with Crippen LogP contribution >= 0.6 is 0 Å². The highest BCUT2D eigenvalue weighted by Gasteiger charge is 2.17. The van der Waals surface area contributed by atoms with Crippen molar-refractivity contribution in [3.63, 3.8) is 0 Å². The molecule has 5 nitrogen and oxygen atoms in total. The van der Waals surface area contributed by atoms with Gasteiger partial charge >= 0.3 is 0 Å². The molecule has 5 heteroatoms. The van der Waals surface area contributed by atoms with Crippen molar-refractivity contribution >= 4 is 16.9 Å². The number of hydrogen-bond acceptors (Lipinski definition) is 4. The first-order valence-corrected chi connectivity index (χ1v) is 7.03. The number of imidazole rings is 1. The zero-order valence-electron chi connectivity index (χ0n) is 11.6. The van der Waals surface area contributed by atoms with E-state index in [9.17, 15) is 0 Å². The van der Waals surface area contributed by atoms with Crippen LogP contribution in [0.25, 0.3) is 11.0 Å². The molecule has 2 aromatic rings. The van der Waals surface area contributed by atoms with Crippen molar-refractivity contribution < 1.29 is 0 Å². The molecule has 0 aliphatic heterocycles. The van der Waals surface area contributed by atoms with Gasteiger partial charge in [-0.1, -0.05) is 19.3 Å². The first-order chi connectivity index (χ1) is 9.16. The topological polar surface area (TPSA) is 68.8 Å². The molecule has 0 spiro atoms. The van der Waals surface area contributed by atoms with Gasteiger partial charge in [0.2, 0.25) is 0 Å². The third-order valence-electron chi connectivity index (χ3n) is 4.12. The lowest BCUT2D eigenvalue weighted by Gasteiger charge is -2.24. The monoisotopic (exact) mass is 259 g/mol. The van der Waals surface area contributed by atoms with Gasteiger partial charge < -0.3 is 11.2 Å². The second kappa shape index (κ2) is 4.72. The maximum absolute atomic E-state index is 5.96. The van der Waals surface area contributed by atoms with E-state index >= 15 is 0 Å². The van der Waals surface area contributed by atoms with E-state index < -0.39 is 0 Å². The SMILES string of the molecule is Cc1nc(N)c2ncn(NC3CCCCC3)c2c1C. The molecule has 3 rings (SSSR count). The molecule has 1 saturated carbocycles. The Bertz CT molecular complexity index is 595. The molecule has 2 heterocycles. The molecule has 1 fully saturated rings. The maximum Gasteiger partial charge on any atom is 0.151 e. The van der Waals surface area contributed by atoms with Crippen molar-refractivity contribution in [1.29, 1.82) is 0 Å². The van der Waals surface area contributed by atoms with Gasteiger partial charge in [0.25, 0.3) is 0 Å². The van der Waals surface area contributed by atoms with Crippen LogP contribution in [-0.4, -0.2) is 20.7 Å². The Morgan fingerprint density at radius 2 is 2.00 bits per heavy atom. The summed E-state index contributed by atoms with van der Waals surface area (Å²) in [6, 6.07) is 0.542. The highest BCUT2D eigenvalue weighted by Crippen LogP contribution is 2.24. The number of aryl methyl sites for hydroxylation is 2. The number of rotatable bonds is 2. The Labute approximate surface area is 113 Å². The number of fused-ring (bicyclic) bond motifs is 1. The molecule has 0 unspecified atom stereocenters. The van der Waals surface area contributed by atoms with E-state index in [1.165, 1.54) is 32.1 Å². The molecule has 2 aromatic heterocycles. The second-order valence-corrected chi connectivity index (χ2v) is 5.48. The molecule has 0 atom stereocenters. The Hall–Kier alpha value is -1.78. The van der Waals surface area contributed by atoms with E-state index in [-0.39, 0.29) is 0 Å². The summed E-state index contributed by atoms with van der Waals surface area (Å²) in [6.07, 6.45) is 8.27. The summed E-state index contributed by atoms with van der Waals surface area (Å²) >= 11 is 0. The molecule has 0 radical (unpaired) electrons. The minimum atomic E-state index is 0.516. The Balaban J connectivity index is 1.99. The van der Waals surface area contributed by atoms with E-state index in [1.54, 1.807) is 0 Å². The maximum atomic E-state index is 5.96. The van der Waals surface area contributed by atoms with Crippen molar-refractivity contribution in [1.82, 2.24) is 14.6 Å². The summed E-state index contributed by atoms with van der Waals surface area (Å²) in [5, 5.41) is 0. The Morgan fingerprint density at radius 1 is 1.26 bits per heavy atom. The van der Waals surface area contributed by atoms with E-state index in [0.717, 1.165) is 22.3 Å². The first kappa shape index (κ1) is 12.3. The first-order valence-electron chi connectivity index (χ1n) is 7.03. The summed E-state index contributed by atoms with van der Waals surface area (Å²) in [7, 11) is 0. The largest absolute Gasteiger partial charge is 0.382 e. The number of nitrogens with one attached hydrogen (secondary N) is 1. The molecule has 0 saturated heterocycles. The van der Waals surface area contributed by atoms with E-state index in [0.29, 0.717) is 11.9 Å². The van der Waals surface area contributed by atoms with Crippen LogP contribution in [0, 0.1) is 13.8 Å². The Morgan fingerprint density at radius 3 is 2.74 bits per heavy atom. The number of nitrogen functional groups attached to an aromatic ring is 1. The normalized spacial score (nSPS) is 16.9. The number of hydrogen-bond donors (Lipinski definition) is 2. The van der Waals surface area contributed by atoms with Crippen molar-refractivity contribution in [3.05, 3.63) is 17.6 Å². The van der Waals surface area contributed by atoms with Gasteiger partial charge in [-0.05, 0) is 32.3 Å². The third kappa shape index (κ3) is 2.13. The van der Waals surface area contributed by atoms with Crippen LogP contribution < -0.4 is 11.2 Å². The van der Waals surface area contributed by atoms with Gasteiger partial charge in [-0.15, -0.1) is 0 Å². The molecule has 0 bridgehead atoms. The van der Waals surface area contributed by atoms with Crippen LogP contribution in [0.5, 0.6) is 0 Å². The lowest BCUT2D eigenvalue weighted by Crippen LogP contribution is -2.29. The van der Waals surface area contributed by atoms with Gasteiger partial charge in [-0.25, -0.2) is 14.6 Å². The van der Waals surface area contributed by atoms with Crippen molar-refractivity contribution in [2.45, 2.75) is 52.0 Å². The highest BCUT2D eigenvalue weighted by atomic mass is 15.4. The number of nitrogens with two attached hydrogens (primary N) is 1. The standard InChI is InChI=1S/C14H21N5/c1-9-10(2)17-14(15)12-13(9)19(8-16-12)18-11-6-4-3-5-7-11/h8,11,18H,3-7H2,1-2H3,(H2,15,17). The minimum Gasteiger partial charge on any atom is -0.382 e. The number of anilines is 1. The fourth-order valence-electron chi connectivity index (χ4n) is 2.91. The van der Waals surface area contributed by atoms with Gasteiger partial charge in [0.15, 0.2) is 5.82 Å². The van der Waals surface area contributed by atoms with E-state index in [4.69, 9.17) is 5.73 Å². The lowest BCUT2D eigenvalue weighted by molar-refractivity contribution is 0.440. The molecule has 0 aromatic carbocycles. The fraction of sp³-hybridized carbons (Fsp3) is 0.571. The number of nitrogens with zero attached hydrogens (tertiary/aromatic N) is 3. The minimum absolute atomic E-state index is 0.516. The van der Waals surface area contributed by atoms with Crippen molar-refractivity contribution in [3.8, 4) is 0 Å². The Kier molecular flexibility index (Phi) is 3.05.